The number of nitro benzene ring substituents is 1. The van der Waals surface area contributed by atoms with Gasteiger partial charge in [0.15, 0.2) is 0 Å². The number of piperidine rings is 1. The van der Waals surface area contributed by atoms with Crippen molar-refractivity contribution in [3.8, 4) is 0 Å². The number of nitro groups is 1. The minimum absolute atomic E-state index is 0.108. The van der Waals surface area contributed by atoms with E-state index in [-0.39, 0.29) is 23.1 Å². The van der Waals surface area contributed by atoms with Crippen LogP contribution in [0.25, 0.3) is 0 Å². The molecule has 0 spiro atoms. The summed E-state index contributed by atoms with van der Waals surface area (Å²) >= 11 is 0. The molecule has 2 rings (SSSR count). The lowest BCUT2D eigenvalue weighted by atomic mass is 10.1. The lowest BCUT2D eigenvalue weighted by molar-refractivity contribution is -0.385. The number of benzene rings is 1. The Hall–Kier alpha value is -1.95. The molecular weight excluding hydrogens is 270 g/mol. The molecule has 1 N–H and O–H groups in total. The molecule has 6 nitrogen and oxygen atoms in total. The molecule has 1 saturated heterocycles. The van der Waals surface area contributed by atoms with Gasteiger partial charge in [-0.15, -0.1) is 0 Å². The highest BCUT2D eigenvalue weighted by molar-refractivity contribution is 5.78. The third-order valence-corrected chi connectivity index (χ3v) is 3.78. The van der Waals surface area contributed by atoms with Crippen molar-refractivity contribution in [2.24, 2.45) is 0 Å². The van der Waals surface area contributed by atoms with Gasteiger partial charge in [0, 0.05) is 31.3 Å². The average molecular weight is 291 g/mol. The quantitative estimate of drug-likeness (QED) is 0.665. The molecule has 0 saturated carbocycles. The number of aryl methyl sites for hydroxylation is 1. The van der Waals surface area contributed by atoms with Crippen molar-refractivity contribution in [1.29, 1.82) is 0 Å². The van der Waals surface area contributed by atoms with E-state index in [4.69, 9.17) is 0 Å². The van der Waals surface area contributed by atoms with Crippen LogP contribution in [0, 0.1) is 17.0 Å². The lowest BCUT2D eigenvalue weighted by Gasteiger charge is -2.26. The molecule has 1 amide bonds. The van der Waals surface area contributed by atoms with Crippen molar-refractivity contribution >= 4 is 11.6 Å². The van der Waals surface area contributed by atoms with E-state index in [1.54, 1.807) is 19.1 Å². The van der Waals surface area contributed by atoms with Crippen LogP contribution in [-0.2, 0) is 11.3 Å². The Labute approximate surface area is 124 Å². The van der Waals surface area contributed by atoms with E-state index in [9.17, 15) is 14.9 Å². The van der Waals surface area contributed by atoms with Gasteiger partial charge in [0.25, 0.3) is 5.69 Å². The molecule has 6 heteroatoms. The molecule has 0 bridgehead atoms. The highest BCUT2D eigenvalue weighted by Crippen LogP contribution is 2.19. The second-order valence-electron chi connectivity index (χ2n) is 5.42. The van der Waals surface area contributed by atoms with E-state index in [1.165, 1.54) is 6.42 Å². The molecule has 1 heterocycles. The van der Waals surface area contributed by atoms with E-state index >= 15 is 0 Å². The van der Waals surface area contributed by atoms with E-state index in [2.05, 4.69) is 5.32 Å². The molecule has 1 aromatic carbocycles. The number of hydrogen-bond acceptors (Lipinski definition) is 4. The maximum atomic E-state index is 12.0. The number of nitrogens with zero attached hydrogens (tertiary/aromatic N) is 2. The minimum Gasteiger partial charge on any atom is -0.342 e. The van der Waals surface area contributed by atoms with Gasteiger partial charge in [-0.1, -0.05) is 12.1 Å². The fraction of sp³-hybridized carbons (Fsp3) is 0.533. The lowest BCUT2D eigenvalue weighted by Crippen LogP contribution is -2.40. The van der Waals surface area contributed by atoms with E-state index in [1.807, 2.05) is 11.0 Å². The predicted octanol–water partition coefficient (Wildman–Crippen LogP) is 2.01. The summed E-state index contributed by atoms with van der Waals surface area (Å²) < 4.78 is 0. The maximum absolute atomic E-state index is 12.0. The Kier molecular flexibility index (Phi) is 5.27. The Morgan fingerprint density at radius 1 is 1.33 bits per heavy atom. The van der Waals surface area contributed by atoms with Crippen LogP contribution in [0.2, 0.25) is 0 Å². The molecule has 1 fully saturated rings. The first-order chi connectivity index (χ1) is 10.1. The largest absolute Gasteiger partial charge is 0.342 e. The minimum atomic E-state index is -0.377. The Bertz CT molecular complexity index is 525. The number of nitrogens with one attached hydrogen (secondary N) is 1. The van der Waals surface area contributed by atoms with Crippen LogP contribution in [0.3, 0.4) is 0 Å². The van der Waals surface area contributed by atoms with E-state index in [0.717, 1.165) is 31.5 Å². The zero-order valence-corrected chi connectivity index (χ0v) is 12.3. The van der Waals surface area contributed by atoms with Gasteiger partial charge < -0.3 is 10.2 Å². The van der Waals surface area contributed by atoms with E-state index < -0.39 is 0 Å². The SMILES string of the molecule is Cc1ccc(CNCC(=O)N2CCCCC2)cc1[N+](=O)[O-]. The maximum Gasteiger partial charge on any atom is 0.272 e. The highest BCUT2D eigenvalue weighted by Gasteiger charge is 2.16. The number of rotatable bonds is 5. The van der Waals surface area contributed by atoms with Crippen molar-refractivity contribution in [2.45, 2.75) is 32.7 Å². The van der Waals surface area contributed by atoms with Crippen molar-refractivity contribution < 1.29 is 9.72 Å². The van der Waals surface area contributed by atoms with Crippen LogP contribution >= 0.6 is 0 Å². The third kappa shape index (κ3) is 4.26. The number of carbonyl (C=O) groups excluding carboxylic acids is 1. The molecule has 0 aromatic heterocycles. The van der Waals surface area contributed by atoms with Crippen molar-refractivity contribution in [3.05, 3.63) is 39.4 Å². The zero-order valence-electron chi connectivity index (χ0n) is 12.3. The van der Waals surface area contributed by atoms with Crippen LogP contribution in [-0.4, -0.2) is 35.4 Å². The average Bonchev–Trinajstić information content (AvgIpc) is 2.49. The molecule has 1 aliphatic rings. The second-order valence-corrected chi connectivity index (χ2v) is 5.42. The van der Waals surface area contributed by atoms with Gasteiger partial charge in [-0.2, -0.15) is 0 Å². The number of likely N-dealkylation sites (tertiary alicyclic amines) is 1. The van der Waals surface area contributed by atoms with Crippen molar-refractivity contribution in [1.82, 2.24) is 10.2 Å². The molecule has 114 valence electrons. The molecule has 0 radical (unpaired) electrons. The fourth-order valence-electron chi connectivity index (χ4n) is 2.53. The smallest absolute Gasteiger partial charge is 0.272 e. The van der Waals surface area contributed by atoms with Crippen LogP contribution in [0.15, 0.2) is 18.2 Å². The Morgan fingerprint density at radius 3 is 2.71 bits per heavy atom. The van der Waals surface area contributed by atoms with E-state index in [0.29, 0.717) is 12.1 Å². The molecule has 1 aromatic rings. The summed E-state index contributed by atoms with van der Waals surface area (Å²) in [6, 6.07) is 5.15. The third-order valence-electron chi connectivity index (χ3n) is 3.78. The summed E-state index contributed by atoms with van der Waals surface area (Å²) in [6.45, 7) is 4.14. The number of hydrogen-bond donors (Lipinski definition) is 1. The number of amides is 1. The van der Waals surface area contributed by atoms with Gasteiger partial charge >= 0.3 is 0 Å². The van der Waals surface area contributed by atoms with Gasteiger partial charge in [-0.3, -0.25) is 14.9 Å². The predicted molar refractivity (Wildman–Crippen MR) is 80.0 cm³/mol. The van der Waals surface area contributed by atoms with Crippen LogP contribution in [0.1, 0.15) is 30.4 Å². The fourth-order valence-corrected chi connectivity index (χ4v) is 2.53. The molecule has 0 atom stereocenters. The summed E-state index contributed by atoms with van der Waals surface area (Å²) in [5.74, 6) is 0.108. The first-order valence-electron chi connectivity index (χ1n) is 7.30. The number of carbonyl (C=O) groups is 1. The first kappa shape index (κ1) is 15.4. The molecular formula is C15H21N3O3. The van der Waals surface area contributed by atoms with Crippen LogP contribution in [0.4, 0.5) is 5.69 Å². The Balaban J connectivity index is 1.84. The van der Waals surface area contributed by atoms with Crippen molar-refractivity contribution in [2.75, 3.05) is 19.6 Å². The topological polar surface area (TPSA) is 75.5 Å². The second kappa shape index (κ2) is 7.17. The normalized spacial score (nSPS) is 15.0. The summed E-state index contributed by atoms with van der Waals surface area (Å²) in [6.07, 6.45) is 3.36. The van der Waals surface area contributed by atoms with Gasteiger partial charge in [-0.25, -0.2) is 0 Å². The summed E-state index contributed by atoms with van der Waals surface area (Å²) in [5, 5.41) is 14.0. The molecule has 1 aliphatic heterocycles. The highest BCUT2D eigenvalue weighted by atomic mass is 16.6. The molecule has 21 heavy (non-hydrogen) atoms. The monoisotopic (exact) mass is 291 g/mol. The summed E-state index contributed by atoms with van der Waals surface area (Å²) in [7, 11) is 0. The zero-order chi connectivity index (χ0) is 15.2. The van der Waals surface area contributed by atoms with Crippen LogP contribution in [0.5, 0.6) is 0 Å². The van der Waals surface area contributed by atoms with Crippen LogP contribution < -0.4 is 5.32 Å². The summed E-state index contributed by atoms with van der Waals surface area (Å²) in [4.78, 5) is 24.4. The van der Waals surface area contributed by atoms with Gasteiger partial charge in [0.05, 0.1) is 11.5 Å². The van der Waals surface area contributed by atoms with Gasteiger partial charge in [0.2, 0.25) is 5.91 Å². The van der Waals surface area contributed by atoms with Gasteiger partial charge in [-0.05, 0) is 31.7 Å². The van der Waals surface area contributed by atoms with Crippen molar-refractivity contribution in [3.63, 3.8) is 0 Å². The molecule has 0 unspecified atom stereocenters. The first-order valence-corrected chi connectivity index (χ1v) is 7.30. The molecule has 0 aliphatic carbocycles. The van der Waals surface area contributed by atoms with Gasteiger partial charge in [0.1, 0.15) is 0 Å². The standard InChI is InChI=1S/C15H21N3O3/c1-12-5-6-13(9-14(12)18(20)21)10-16-11-15(19)17-7-3-2-4-8-17/h5-6,9,16H,2-4,7-8,10-11H2,1H3. The Morgan fingerprint density at radius 2 is 2.05 bits per heavy atom. The summed E-state index contributed by atoms with van der Waals surface area (Å²) in [5.41, 5.74) is 1.59.